The van der Waals surface area contributed by atoms with Gasteiger partial charge in [0.25, 0.3) is 0 Å². The largest absolute Gasteiger partial charge is 0.384 e. The summed E-state index contributed by atoms with van der Waals surface area (Å²) in [6.07, 6.45) is 4.51. The Bertz CT molecular complexity index is 343. The van der Waals surface area contributed by atoms with Crippen molar-refractivity contribution < 1.29 is 5.11 Å². The fourth-order valence-corrected chi connectivity index (χ4v) is 2.56. The first-order chi connectivity index (χ1) is 6.43. The zero-order valence-electron chi connectivity index (χ0n) is 9.12. The van der Waals surface area contributed by atoms with Gasteiger partial charge < -0.3 is 5.11 Å². The van der Waals surface area contributed by atoms with Gasteiger partial charge >= 0.3 is 0 Å². The van der Waals surface area contributed by atoms with Crippen LogP contribution in [0.2, 0.25) is 0 Å². The Hall–Kier alpha value is -0.830. The van der Waals surface area contributed by atoms with Gasteiger partial charge in [0, 0.05) is 13.2 Å². The molecule has 1 aliphatic rings. The Labute approximate surface area is 84.7 Å². The maximum atomic E-state index is 10.5. The van der Waals surface area contributed by atoms with Gasteiger partial charge in [-0.15, -0.1) is 0 Å². The van der Waals surface area contributed by atoms with Gasteiger partial charge in [-0.05, 0) is 30.7 Å². The summed E-state index contributed by atoms with van der Waals surface area (Å²) in [4.78, 5) is 0. The second kappa shape index (κ2) is 2.83. The molecule has 0 saturated heterocycles. The van der Waals surface area contributed by atoms with Crippen LogP contribution in [0.1, 0.15) is 38.8 Å². The molecule has 2 rings (SSSR count). The van der Waals surface area contributed by atoms with E-state index in [9.17, 15) is 5.11 Å². The van der Waals surface area contributed by atoms with Crippen LogP contribution < -0.4 is 0 Å². The van der Waals surface area contributed by atoms with E-state index in [-0.39, 0.29) is 5.41 Å². The van der Waals surface area contributed by atoms with Gasteiger partial charge in [0.1, 0.15) is 5.60 Å². The van der Waals surface area contributed by atoms with E-state index < -0.39 is 5.60 Å². The Morgan fingerprint density at radius 3 is 2.57 bits per heavy atom. The van der Waals surface area contributed by atoms with E-state index in [0.29, 0.717) is 0 Å². The van der Waals surface area contributed by atoms with Crippen molar-refractivity contribution >= 4 is 0 Å². The van der Waals surface area contributed by atoms with Crippen LogP contribution in [0, 0.1) is 5.41 Å². The highest BCUT2D eigenvalue weighted by Crippen LogP contribution is 2.48. The lowest BCUT2D eigenvalue weighted by Crippen LogP contribution is -2.26. The smallest absolute Gasteiger partial charge is 0.107 e. The number of rotatable bonds is 1. The molecule has 0 aromatic carbocycles. The fraction of sp³-hybridized carbons (Fsp3) is 0.727. The molecular formula is C11H18N2O. The predicted molar refractivity (Wildman–Crippen MR) is 54.7 cm³/mol. The molecule has 78 valence electrons. The zero-order chi connectivity index (χ0) is 10.4. The summed E-state index contributed by atoms with van der Waals surface area (Å²) < 4.78 is 1.78. The highest BCUT2D eigenvalue weighted by Gasteiger charge is 2.44. The summed E-state index contributed by atoms with van der Waals surface area (Å²) in [5.41, 5.74) is 0.538. The molecule has 1 N–H and O–H groups in total. The van der Waals surface area contributed by atoms with E-state index in [1.54, 1.807) is 10.9 Å². The zero-order valence-corrected chi connectivity index (χ0v) is 9.12. The van der Waals surface area contributed by atoms with E-state index in [1.165, 1.54) is 0 Å². The van der Waals surface area contributed by atoms with Gasteiger partial charge in [0.15, 0.2) is 0 Å². The molecule has 0 aliphatic heterocycles. The minimum atomic E-state index is -0.658. The molecule has 0 radical (unpaired) electrons. The molecule has 1 heterocycles. The Morgan fingerprint density at radius 2 is 2.14 bits per heavy atom. The number of aryl methyl sites for hydroxylation is 1. The van der Waals surface area contributed by atoms with Gasteiger partial charge in [-0.25, -0.2) is 0 Å². The molecule has 0 spiro atoms. The van der Waals surface area contributed by atoms with E-state index in [2.05, 4.69) is 18.9 Å². The van der Waals surface area contributed by atoms with Gasteiger partial charge in [0.2, 0.25) is 0 Å². The first-order valence-electron chi connectivity index (χ1n) is 5.14. The van der Waals surface area contributed by atoms with Crippen LogP contribution in [0.5, 0.6) is 0 Å². The normalized spacial score (nSPS) is 30.9. The number of hydrogen-bond donors (Lipinski definition) is 1. The van der Waals surface area contributed by atoms with Crippen LogP contribution in [-0.4, -0.2) is 14.9 Å². The van der Waals surface area contributed by atoms with Crippen molar-refractivity contribution in [3.8, 4) is 0 Å². The Balaban J connectivity index is 2.32. The summed E-state index contributed by atoms with van der Waals surface area (Å²) in [5.74, 6) is 0. The van der Waals surface area contributed by atoms with Crippen molar-refractivity contribution in [2.45, 2.75) is 38.7 Å². The Kier molecular flexibility index (Phi) is 1.96. The standard InChI is InChI=1S/C11H18N2O/c1-10(2)5-6-11(14,8-10)9-4-7-12-13(9)3/h4,7,14H,5-6,8H2,1-3H3. The molecule has 14 heavy (non-hydrogen) atoms. The average Bonchev–Trinajstić information content (AvgIpc) is 2.57. The molecule has 1 aromatic heterocycles. The van der Waals surface area contributed by atoms with E-state index in [0.717, 1.165) is 25.0 Å². The van der Waals surface area contributed by atoms with Crippen molar-refractivity contribution in [2.24, 2.45) is 12.5 Å². The van der Waals surface area contributed by atoms with Crippen LogP contribution in [0.15, 0.2) is 12.3 Å². The van der Waals surface area contributed by atoms with Crippen LogP contribution in [0.3, 0.4) is 0 Å². The van der Waals surface area contributed by atoms with E-state index in [1.807, 2.05) is 13.1 Å². The molecule has 1 aromatic rings. The van der Waals surface area contributed by atoms with Crippen molar-refractivity contribution in [1.82, 2.24) is 9.78 Å². The van der Waals surface area contributed by atoms with Gasteiger partial charge in [-0.1, -0.05) is 13.8 Å². The van der Waals surface area contributed by atoms with Crippen molar-refractivity contribution in [3.63, 3.8) is 0 Å². The molecule has 1 fully saturated rings. The van der Waals surface area contributed by atoms with Crippen LogP contribution in [0.25, 0.3) is 0 Å². The van der Waals surface area contributed by atoms with Crippen molar-refractivity contribution in [1.29, 1.82) is 0 Å². The monoisotopic (exact) mass is 194 g/mol. The van der Waals surface area contributed by atoms with E-state index >= 15 is 0 Å². The number of nitrogens with zero attached hydrogens (tertiary/aromatic N) is 2. The molecule has 1 saturated carbocycles. The summed E-state index contributed by atoms with van der Waals surface area (Å²) >= 11 is 0. The molecule has 1 atom stereocenters. The summed E-state index contributed by atoms with van der Waals surface area (Å²) in [7, 11) is 1.89. The minimum Gasteiger partial charge on any atom is -0.384 e. The van der Waals surface area contributed by atoms with E-state index in [4.69, 9.17) is 0 Å². The highest BCUT2D eigenvalue weighted by molar-refractivity contribution is 5.15. The van der Waals surface area contributed by atoms with Crippen molar-refractivity contribution in [3.05, 3.63) is 18.0 Å². The number of aromatic nitrogens is 2. The molecular weight excluding hydrogens is 176 g/mol. The molecule has 1 unspecified atom stereocenters. The first-order valence-corrected chi connectivity index (χ1v) is 5.14. The third-order valence-corrected chi connectivity index (χ3v) is 3.28. The molecule has 3 nitrogen and oxygen atoms in total. The molecule has 3 heteroatoms. The second-order valence-electron chi connectivity index (χ2n) is 5.21. The minimum absolute atomic E-state index is 0.249. The third-order valence-electron chi connectivity index (χ3n) is 3.28. The average molecular weight is 194 g/mol. The SMILES string of the molecule is Cn1nccc1C1(O)CCC(C)(C)C1. The van der Waals surface area contributed by atoms with Gasteiger partial charge in [-0.2, -0.15) is 5.10 Å². The maximum absolute atomic E-state index is 10.5. The fourth-order valence-electron chi connectivity index (χ4n) is 2.56. The lowest BCUT2D eigenvalue weighted by Gasteiger charge is -2.25. The van der Waals surface area contributed by atoms with Gasteiger partial charge in [0.05, 0.1) is 5.69 Å². The van der Waals surface area contributed by atoms with Crippen molar-refractivity contribution in [2.75, 3.05) is 0 Å². The van der Waals surface area contributed by atoms with Gasteiger partial charge in [-0.3, -0.25) is 4.68 Å². The topological polar surface area (TPSA) is 38.0 Å². The van der Waals surface area contributed by atoms with Crippen LogP contribution in [0.4, 0.5) is 0 Å². The summed E-state index contributed by atoms with van der Waals surface area (Å²) in [6, 6.07) is 1.92. The quantitative estimate of drug-likeness (QED) is 0.740. The highest BCUT2D eigenvalue weighted by atomic mass is 16.3. The summed E-state index contributed by atoms with van der Waals surface area (Å²) in [5, 5.41) is 14.6. The lowest BCUT2D eigenvalue weighted by molar-refractivity contribution is 0.0258. The maximum Gasteiger partial charge on any atom is 0.107 e. The Morgan fingerprint density at radius 1 is 1.43 bits per heavy atom. The predicted octanol–water partition coefficient (Wildman–Crippen LogP) is 1.82. The molecule has 1 aliphatic carbocycles. The van der Waals surface area contributed by atoms with Crippen LogP contribution in [-0.2, 0) is 12.6 Å². The third kappa shape index (κ3) is 1.46. The molecule has 0 bridgehead atoms. The number of hydrogen-bond acceptors (Lipinski definition) is 2. The number of aliphatic hydroxyl groups is 1. The second-order valence-corrected chi connectivity index (χ2v) is 5.21. The first kappa shape index (κ1) is 9.71. The lowest BCUT2D eigenvalue weighted by atomic mass is 9.88. The van der Waals surface area contributed by atoms with Crippen LogP contribution >= 0.6 is 0 Å². The molecule has 0 amide bonds. The summed E-state index contributed by atoms with van der Waals surface area (Å²) in [6.45, 7) is 4.42.